The van der Waals surface area contributed by atoms with Crippen molar-refractivity contribution in [3.05, 3.63) is 218 Å². The number of hydrogen-bond donors (Lipinski definition) is 0. The van der Waals surface area contributed by atoms with Crippen LogP contribution in [0.1, 0.15) is 0 Å². The third kappa shape index (κ3) is 6.23. The van der Waals surface area contributed by atoms with Crippen LogP contribution < -0.4 is 0 Å². The van der Waals surface area contributed by atoms with E-state index in [2.05, 4.69) is 211 Å². The second-order valence-electron chi connectivity index (χ2n) is 15.6. The molecule has 0 aliphatic heterocycles. The molecule has 0 aliphatic rings. The normalized spacial score (nSPS) is 11.5. The quantitative estimate of drug-likeness (QED) is 0.161. The first-order valence-corrected chi connectivity index (χ1v) is 20.8. The summed E-state index contributed by atoms with van der Waals surface area (Å²) in [7, 11) is 0. The lowest BCUT2D eigenvalue weighted by molar-refractivity contribution is 0.669. The summed E-state index contributed by atoms with van der Waals surface area (Å²) in [6.45, 7) is 0. The molecule has 0 saturated carbocycles. The molecule has 290 valence electrons. The summed E-state index contributed by atoms with van der Waals surface area (Å²) in [5.74, 6) is 1.78. The molecule has 0 radical (unpaired) electrons. The van der Waals surface area contributed by atoms with Crippen molar-refractivity contribution >= 4 is 43.7 Å². The van der Waals surface area contributed by atoms with Crippen molar-refractivity contribution in [2.24, 2.45) is 0 Å². The predicted molar refractivity (Wildman–Crippen MR) is 254 cm³/mol. The second-order valence-corrected chi connectivity index (χ2v) is 15.6. The highest BCUT2D eigenvalue weighted by atomic mass is 16.3. The summed E-state index contributed by atoms with van der Waals surface area (Å²) >= 11 is 0. The number of furan rings is 1. The predicted octanol–water partition coefficient (Wildman–Crippen LogP) is 14.9. The van der Waals surface area contributed by atoms with Crippen LogP contribution in [0.5, 0.6) is 0 Å². The molecule has 5 nitrogen and oxygen atoms in total. The van der Waals surface area contributed by atoms with Crippen molar-refractivity contribution in [1.82, 2.24) is 19.5 Å². The minimum absolute atomic E-state index is 0.575. The van der Waals surface area contributed by atoms with E-state index in [9.17, 15) is 0 Å². The van der Waals surface area contributed by atoms with Gasteiger partial charge >= 0.3 is 0 Å². The largest absolute Gasteiger partial charge is 0.456 e. The van der Waals surface area contributed by atoms with Gasteiger partial charge in [-0.2, -0.15) is 0 Å². The van der Waals surface area contributed by atoms with Crippen molar-refractivity contribution in [1.29, 1.82) is 0 Å². The third-order valence-corrected chi connectivity index (χ3v) is 11.9. The Bertz CT molecular complexity index is 3590. The molecular weight excluding hydrogens is 757 g/mol. The summed E-state index contributed by atoms with van der Waals surface area (Å²) in [4.78, 5) is 15.3. The van der Waals surface area contributed by atoms with Crippen LogP contribution in [-0.2, 0) is 0 Å². The topological polar surface area (TPSA) is 56.7 Å². The highest BCUT2D eigenvalue weighted by molar-refractivity contribution is 6.17. The number of benzene rings is 9. The number of fused-ring (bicyclic) bond motifs is 6. The monoisotopic (exact) mass is 792 g/mol. The Morgan fingerprint density at radius 1 is 0.274 bits per heavy atom. The summed E-state index contributed by atoms with van der Waals surface area (Å²) in [5.41, 5.74) is 14.5. The minimum atomic E-state index is 0.575. The van der Waals surface area contributed by atoms with Gasteiger partial charge in [0.15, 0.2) is 17.5 Å². The first-order chi connectivity index (χ1) is 30.7. The molecule has 0 amide bonds. The number of aromatic nitrogens is 4. The Hall–Kier alpha value is -8.41. The van der Waals surface area contributed by atoms with E-state index in [0.29, 0.717) is 17.5 Å². The van der Waals surface area contributed by atoms with Gasteiger partial charge in [-0.15, -0.1) is 0 Å². The van der Waals surface area contributed by atoms with Gasteiger partial charge in [-0.25, -0.2) is 15.0 Å². The lowest BCUT2D eigenvalue weighted by Crippen LogP contribution is -2.00. The van der Waals surface area contributed by atoms with Crippen LogP contribution in [0.25, 0.3) is 117 Å². The average molecular weight is 793 g/mol. The molecule has 9 aromatic carbocycles. The molecule has 5 heteroatoms. The van der Waals surface area contributed by atoms with E-state index in [4.69, 9.17) is 19.4 Å². The number of nitrogens with zero attached hydrogens (tertiary/aromatic N) is 4. The maximum absolute atomic E-state index is 6.75. The molecule has 3 aromatic heterocycles. The molecule has 0 spiro atoms. The molecule has 12 rings (SSSR count). The fourth-order valence-corrected chi connectivity index (χ4v) is 8.76. The lowest BCUT2D eigenvalue weighted by atomic mass is 10.0. The van der Waals surface area contributed by atoms with Crippen LogP contribution in [0.3, 0.4) is 0 Å². The van der Waals surface area contributed by atoms with Crippen LogP contribution >= 0.6 is 0 Å². The number of para-hydroxylation sites is 1. The summed E-state index contributed by atoms with van der Waals surface area (Å²) in [5, 5.41) is 4.47. The highest BCUT2D eigenvalue weighted by Crippen LogP contribution is 2.40. The van der Waals surface area contributed by atoms with Gasteiger partial charge in [0.25, 0.3) is 0 Å². The van der Waals surface area contributed by atoms with E-state index in [1.807, 2.05) is 12.1 Å². The van der Waals surface area contributed by atoms with Gasteiger partial charge in [-0.05, 0) is 75.8 Å². The zero-order valence-electron chi connectivity index (χ0n) is 33.5. The van der Waals surface area contributed by atoms with Crippen molar-refractivity contribution < 1.29 is 4.42 Å². The summed E-state index contributed by atoms with van der Waals surface area (Å²) in [6, 6.07) is 76.3. The molecule has 0 N–H and O–H groups in total. The molecule has 0 fully saturated rings. The van der Waals surface area contributed by atoms with Crippen LogP contribution in [0.2, 0.25) is 0 Å². The fourth-order valence-electron chi connectivity index (χ4n) is 8.76. The number of hydrogen-bond acceptors (Lipinski definition) is 4. The van der Waals surface area contributed by atoms with E-state index in [-0.39, 0.29) is 0 Å². The van der Waals surface area contributed by atoms with Crippen molar-refractivity contribution in [3.8, 4) is 73.2 Å². The molecule has 12 aromatic rings. The van der Waals surface area contributed by atoms with Gasteiger partial charge in [0, 0.05) is 50.0 Å². The fraction of sp³-hybridized carbons (Fsp3) is 0. The number of rotatable bonds is 7. The van der Waals surface area contributed by atoms with Crippen molar-refractivity contribution in [2.75, 3.05) is 0 Å². The Balaban J connectivity index is 0.981. The molecule has 0 bridgehead atoms. The van der Waals surface area contributed by atoms with Gasteiger partial charge < -0.3 is 8.98 Å². The van der Waals surface area contributed by atoms with Crippen LogP contribution in [0.4, 0.5) is 0 Å². The molecule has 0 unspecified atom stereocenters. The van der Waals surface area contributed by atoms with Crippen LogP contribution in [-0.4, -0.2) is 19.5 Å². The molecule has 3 heterocycles. The first kappa shape index (κ1) is 35.5. The van der Waals surface area contributed by atoms with E-state index in [1.165, 1.54) is 21.9 Å². The van der Waals surface area contributed by atoms with Crippen LogP contribution in [0, 0.1) is 0 Å². The minimum Gasteiger partial charge on any atom is -0.456 e. The zero-order valence-corrected chi connectivity index (χ0v) is 33.5. The average Bonchev–Trinajstić information content (AvgIpc) is 3.88. The van der Waals surface area contributed by atoms with Gasteiger partial charge in [-0.3, -0.25) is 0 Å². The SMILES string of the molecule is c1ccc(-c2ccc(-c3nc(-c4cccc(-c5ccccc5)c4)nc(-c4ccc5c(c4)oc4cc6c(cc45)c4ccccc4n6-c4ccc(-c5ccccc5)cc4)n3)cc2)cc1. The third-order valence-electron chi connectivity index (χ3n) is 11.9. The van der Waals surface area contributed by atoms with Gasteiger partial charge in [0.05, 0.1) is 11.0 Å². The molecule has 0 saturated heterocycles. The Morgan fingerprint density at radius 2 is 0.742 bits per heavy atom. The molecule has 0 aliphatic carbocycles. The first-order valence-electron chi connectivity index (χ1n) is 20.8. The van der Waals surface area contributed by atoms with E-state index in [1.54, 1.807) is 0 Å². The van der Waals surface area contributed by atoms with E-state index >= 15 is 0 Å². The maximum atomic E-state index is 6.75. The standard InChI is InChI=1S/C57H36N4O/c1-4-13-37(14-5-1)40-23-25-42(26-24-40)55-58-56(44-20-12-19-43(33-44)39-17-8-3-9-18-39)60-57(59-55)45-29-32-48-50-35-49-47-21-10-11-22-51(47)61(52(49)36-54(50)62-53(48)34-45)46-30-27-41(28-31-46)38-15-6-2-7-16-38/h1-36H. The van der Waals surface area contributed by atoms with Gasteiger partial charge in [0.1, 0.15) is 11.2 Å². The summed E-state index contributed by atoms with van der Waals surface area (Å²) < 4.78 is 9.09. The van der Waals surface area contributed by atoms with E-state index < -0.39 is 0 Å². The van der Waals surface area contributed by atoms with Crippen LogP contribution in [0.15, 0.2) is 223 Å². The molecule has 0 atom stereocenters. The van der Waals surface area contributed by atoms with Gasteiger partial charge in [0.2, 0.25) is 0 Å². The zero-order chi connectivity index (χ0) is 41.0. The van der Waals surface area contributed by atoms with Gasteiger partial charge in [-0.1, -0.05) is 170 Å². The summed E-state index contributed by atoms with van der Waals surface area (Å²) in [6.07, 6.45) is 0. The highest BCUT2D eigenvalue weighted by Gasteiger charge is 2.19. The Morgan fingerprint density at radius 3 is 1.40 bits per heavy atom. The van der Waals surface area contributed by atoms with E-state index in [0.717, 1.165) is 77.6 Å². The second kappa shape index (κ2) is 14.7. The Kier molecular flexibility index (Phi) is 8.42. The maximum Gasteiger partial charge on any atom is 0.164 e. The van der Waals surface area contributed by atoms with Crippen molar-refractivity contribution in [2.45, 2.75) is 0 Å². The molecular formula is C57H36N4O. The Labute approximate surface area is 357 Å². The van der Waals surface area contributed by atoms with Crippen molar-refractivity contribution in [3.63, 3.8) is 0 Å². The molecule has 62 heavy (non-hydrogen) atoms. The lowest BCUT2D eigenvalue weighted by Gasteiger charge is -2.10. The smallest absolute Gasteiger partial charge is 0.164 e.